The summed E-state index contributed by atoms with van der Waals surface area (Å²) in [6.07, 6.45) is 9.67. The molecule has 3 heterocycles. The quantitative estimate of drug-likeness (QED) is 0.227. The van der Waals surface area contributed by atoms with Crippen LogP contribution in [-0.2, 0) is 15.9 Å². The number of hydrogen-bond acceptors (Lipinski definition) is 5. The maximum atomic E-state index is 5.48. The highest BCUT2D eigenvalue weighted by Crippen LogP contribution is 2.34. The lowest BCUT2D eigenvalue weighted by Crippen LogP contribution is -2.17. The molecular weight excluding hydrogens is 474 g/mol. The Morgan fingerprint density at radius 3 is 2.08 bits per heavy atom. The molecule has 1 aliphatic carbocycles. The molecule has 2 fully saturated rings. The van der Waals surface area contributed by atoms with Crippen molar-refractivity contribution >= 4 is 0 Å². The first-order valence-electron chi connectivity index (χ1n) is 13.9. The third kappa shape index (κ3) is 5.19. The average molecular weight is 512 g/mol. The molecule has 0 amide bonds. The van der Waals surface area contributed by atoms with Gasteiger partial charge in [-0.05, 0) is 48.9 Å². The fraction of sp³-hybridized carbons (Fsp3) is 0.419. The van der Waals surface area contributed by atoms with Gasteiger partial charge in [-0.15, -0.1) is 0 Å². The van der Waals surface area contributed by atoms with Crippen molar-refractivity contribution in [2.45, 2.75) is 63.2 Å². The number of nitrogens with zero attached hydrogens (tertiary/aromatic N) is 2. The van der Waals surface area contributed by atoms with Crippen molar-refractivity contribution in [3.8, 4) is 33.6 Å². The van der Waals surface area contributed by atoms with E-state index >= 15 is 0 Å². The minimum absolute atomic E-state index is 0.271. The minimum atomic E-state index is -0.319. The van der Waals surface area contributed by atoms with E-state index in [1.165, 1.54) is 48.8 Å². The van der Waals surface area contributed by atoms with E-state index in [0.29, 0.717) is 12.3 Å². The fourth-order valence-electron chi connectivity index (χ4n) is 5.88. The van der Waals surface area contributed by atoms with E-state index in [0.717, 1.165) is 47.3 Å². The Morgan fingerprint density at radius 2 is 1.45 bits per heavy atom. The van der Waals surface area contributed by atoms with E-state index in [2.05, 4.69) is 68.8 Å². The van der Waals surface area contributed by atoms with Gasteiger partial charge in [-0.1, -0.05) is 61.4 Å². The van der Waals surface area contributed by atoms with E-state index in [9.17, 15) is 0 Å². The molecule has 38 heavy (non-hydrogen) atoms. The number of H-pyrrole nitrogens is 2. The second-order valence-electron chi connectivity index (χ2n) is 10.5. The molecule has 2 aromatic heterocycles. The van der Waals surface area contributed by atoms with Gasteiger partial charge in [0.05, 0.1) is 23.6 Å². The summed E-state index contributed by atoms with van der Waals surface area (Å²) in [4.78, 5) is 16.8. The van der Waals surface area contributed by atoms with Gasteiger partial charge >= 0.3 is 0 Å². The number of hydrogen-bond donors (Lipinski definition) is 3. The number of aromatic amines is 2. The largest absolute Gasteiger partial charge is 0.356 e. The van der Waals surface area contributed by atoms with Crippen LogP contribution in [0, 0.1) is 0 Å². The molecule has 1 atom stereocenters. The standard InChI is InChI=1S/C31H37N5O2/c1-37-28(38-2)18-26-29(36-31(34-26)25-8-5-17-32-25)23-15-11-21(12-16-23)20-9-13-22(14-10-20)27-19-33-30(35-27)24-6-3-4-7-24/h9-16,19,24-25,28,32H,3-8,17-18H2,1-2H3,(H,33,35)(H,34,36)/t25-/m0/s1. The smallest absolute Gasteiger partial charge is 0.162 e. The summed E-state index contributed by atoms with van der Waals surface area (Å²) in [5, 5.41) is 3.55. The monoisotopic (exact) mass is 511 g/mol. The predicted molar refractivity (Wildman–Crippen MR) is 150 cm³/mol. The first-order chi connectivity index (χ1) is 18.7. The average Bonchev–Trinajstić information content (AvgIpc) is 3.78. The lowest BCUT2D eigenvalue weighted by Gasteiger charge is -2.13. The van der Waals surface area contributed by atoms with Crippen molar-refractivity contribution in [3.63, 3.8) is 0 Å². The lowest BCUT2D eigenvalue weighted by atomic mass is 10.00. The van der Waals surface area contributed by atoms with Crippen LogP contribution in [0.5, 0.6) is 0 Å². The highest BCUT2D eigenvalue weighted by atomic mass is 16.7. The van der Waals surface area contributed by atoms with Crippen LogP contribution in [0.4, 0.5) is 0 Å². The van der Waals surface area contributed by atoms with Crippen molar-refractivity contribution in [2.24, 2.45) is 0 Å². The molecule has 1 saturated heterocycles. The van der Waals surface area contributed by atoms with Gasteiger partial charge in [0, 0.05) is 37.8 Å². The summed E-state index contributed by atoms with van der Waals surface area (Å²) in [6.45, 7) is 1.03. The number of aromatic nitrogens is 4. The first kappa shape index (κ1) is 25.0. The van der Waals surface area contributed by atoms with E-state index in [1.807, 2.05) is 6.20 Å². The predicted octanol–water partition coefficient (Wildman–Crippen LogP) is 6.38. The Bertz CT molecular complexity index is 1330. The zero-order chi connectivity index (χ0) is 25.9. The van der Waals surface area contributed by atoms with Gasteiger partial charge in [0.15, 0.2) is 6.29 Å². The molecule has 0 bridgehead atoms. The van der Waals surface area contributed by atoms with Crippen LogP contribution >= 0.6 is 0 Å². The van der Waals surface area contributed by atoms with Gasteiger partial charge in [0.25, 0.3) is 0 Å². The van der Waals surface area contributed by atoms with Gasteiger partial charge in [0.1, 0.15) is 11.6 Å². The molecule has 7 heteroatoms. The zero-order valence-electron chi connectivity index (χ0n) is 22.3. The van der Waals surface area contributed by atoms with Crippen LogP contribution in [0.15, 0.2) is 54.7 Å². The summed E-state index contributed by atoms with van der Waals surface area (Å²) >= 11 is 0. The van der Waals surface area contributed by atoms with Crippen molar-refractivity contribution in [3.05, 3.63) is 72.1 Å². The van der Waals surface area contributed by atoms with Crippen molar-refractivity contribution < 1.29 is 9.47 Å². The number of rotatable bonds is 9. The Morgan fingerprint density at radius 1 is 0.789 bits per heavy atom. The maximum absolute atomic E-state index is 5.48. The molecule has 6 rings (SSSR count). The number of imidazole rings is 2. The molecule has 2 aromatic carbocycles. The number of ether oxygens (including phenoxy) is 2. The van der Waals surface area contributed by atoms with Gasteiger partial charge in [0.2, 0.25) is 0 Å². The molecule has 198 valence electrons. The van der Waals surface area contributed by atoms with Crippen LogP contribution in [-0.4, -0.2) is 47.0 Å². The Kier molecular flexibility index (Phi) is 7.40. The van der Waals surface area contributed by atoms with Gasteiger partial charge in [-0.25, -0.2) is 9.97 Å². The third-order valence-electron chi connectivity index (χ3n) is 8.11. The molecular formula is C31H37N5O2. The van der Waals surface area contributed by atoms with Crippen LogP contribution in [0.2, 0.25) is 0 Å². The Hall–Kier alpha value is -3.26. The van der Waals surface area contributed by atoms with Gasteiger partial charge in [-0.2, -0.15) is 0 Å². The summed E-state index contributed by atoms with van der Waals surface area (Å²) < 4.78 is 11.0. The van der Waals surface area contributed by atoms with E-state index in [4.69, 9.17) is 14.5 Å². The van der Waals surface area contributed by atoms with E-state index in [1.54, 1.807) is 14.2 Å². The van der Waals surface area contributed by atoms with Crippen molar-refractivity contribution in [1.82, 2.24) is 25.3 Å². The van der Waals surface area contributed by atoms with Gasteiger partial charge < -0.3 is 24.8 Å². The van der Waals surface area contributed by atoms with Crippen LogP contribution in [0.25, 0.3) is 33.6 Å². The molecule has 1 aliphatic heterocycles. The Balaban J connectivity index is 1.21. The summed E-state index contributed by atoms with van der Waals surface area (Å²) in [5.41, 5.74) is 7.72. The van der Waals surface area contributed by atoms with E-state index < -0.39 is 0 Å². The summed E-state index contributed by atoms with van der Waals surface area (Å²) in [7, 11) is 3.34. The molecule has 7 nitrogen and oxygen atoms in total. The molecule has 1 saturated carbocycles. The SMILES string of the molecule is COC(Cc1[nH]c([C@@H]2CCCN2)nc1-c1ccc(-c2ccc(-c3cnc(C4CCCC4)[nH]3)cc2)cc1)OC. The second kappa shape index (κ2) is 11.2. The highest BCUT2D eigenvalue weighted by Gasteiger charge is 2.24. The summed E-state index contributed by atoms with van der Waals surface area (Å²) in [6, 6.07) is 17.7. The summed E-state index contributed by atoms with van der Waals surface area (Å²) in [5.74, 6) is 2.73. The molecule has 0 unspecified atom stereocenters. The minimum Gasteiger partial charge on any atom is -0.356 e. The topological polar surface area (TPSA) is 87.9 Å². The molecule has 2 aliphatic rings. The first-order valence-corrected chi connectivity index (χ1v) is 13.9. The van der Waals surface area contributed by atoms with E-state index in [-0.39, 0.29) is 12.3 Å². The number of methoxy groups -OCH3 is 2. The van der Waals surface area contributed by atoms with Crippen LogP contribution in [0.1, 0.15) is 67.8 Å². The molecule has 0 radical (unpaired) electrons. The second-order valence-corrected chi connectivity index (χ2v) is 10.5. The molecule has 0 spiro atoms. The highest BCUT2D eigenvalue weighted by molar-refractivity contribution is 5.72. The van der Waals surface area contributed by atoms with Crippen molar-refractivity contribution in [1.29, 1.82) is 0 Å². The maximum Gasteiger partial charge on any atom is 0.162 e. The Labute approximate surface area is 224 Å². The number of nitrogens with one attached hydrogen (secondary N) is 3. The zero-order valence-corrected chi connectivity index (χ0v) is 22.3. The molecule has 3 N–H and O–H groups in total. The van der Waals surface area contributed by atoms with Crippen LogP contribution < -0.4 is 5.32 Å². The van der Waals surface area contributed by atoms with Gasteiger partial charge in [-0.3, -0.25) is 0 Å². The third-order valence-corrected chi connectivity index (χ3v) is 8.11. The lowest BCUT2D eigenvalue weighted by molar-refractivity contribution is -0.101. The number of benzene rings is 2. The normalized spacial score (nSPS) is 18.1. The molecule has 4 aromatic rings. The van der Waals surface area contributed by atoms with Crippen molar-refractivity contribution in [2.75, 3.05) is 20.8 Å². The fourth-order valence-corrected chi connectivity index (χ4v) is 5.88. The van der Waals surface area contributed by atoms with Crippen LogP contribution in [0.3, 0.4) is 0 Å².